The molecule has 7 heteroatoms. The van der Waals surface area contributed by atoms with Gasteiger partial charge in [0, 0.05) is 38.8 Å². The van der Waals surface area contributed by atoms with E-state index in [0.29, 0.717) is 25.1 Å². The Labute approximate surface area is 189 Å². The van der Waals surface area contributed by atoms with Crippen molar-refractivity contribution in [3.63, 3.8) is 0 Å². The number of rotatable bonds is 12. The second-order valence-corrected chi connectivity index (χ2v) is 8.81. The van der Waals surface area contributed by atoms with Crippen LogP contribution in [0.1, 0.15) is 32.8 Å². The van der Waals surface area contributed by atoms with Gasteiger partial charge in [0.05, 0.1) is 19.8 Å². The molecule has 0 radical (unpaired) electrons. The predicted octanol–water partition coefficient (Wildman–Crippen LogP) is 2.43. The third-order valence-corrected chi connectivity index (χ3v) is 5.28. The SMILES string of the molecule is CCNC(=NCc1cccc(OCCN(C)C)c1)NCC(CC(C)C)N1CCOCC1. The number of guanidine groups is 1. The number of likely N-dealkylation sites (N-methyl/N-ethyl adjacent to an activating group) is 1. The third-order valence-electron chi connectivity index (χ3n) is 5.28. The van der Waals surface area contributed by atoms with E-state index >= 15 is 0 Å². The third kappa shape index (κ3) is 10.4. The number of nitrogens with zero attached hydrogens (tertiary/aromatic N) is 3. The molecule has 1 atom stereocenters. The van der Waals surface area contributed by atoms with E-state index in [1.807, 2.05) is 12.1 Å². The molecule has 0 aliphatic carbocycles. The maximum atomic E-state index is 5.86. The molecule has 0 spiro atoms. The molecule has 0 saturated carbocycles. The molecule has 1 fully saturated rings. The Hall–Kier alpha value is -1.83. The van der Waals surface area contributed by atoms with Crippen molar-refractivity contribution in [2.45, 2.75) is 39.8 Å². The summed E-state index contributed by atoms with van der Waals surface area (Å²) >= 11 is 0. The summed E-state index contributed by atoms with van der Waals surface area (Å²) in [5.41, 5.74) is 1.14. The van der Waals surface area contributed by atoms with Crippen molar-refractivity contribution in [1.82, 2.24) is 20.4 Å². The van der Waals surface area contributed by atoms with Crippen molar-refractivity contribution in [3.05, 3.63) is 29.8 Å². The van der Waals surface area contributed by atoms with Gasteiger partial charge in [0.2, 0.25) is 0 Å². The lowest BCUT2D eigenvalue weighted by Crippen LogP contribution is -2.51. The van der Waals surface area contributed by atoms with Gasteiger partial charge in [-0.2, -0.15) is 0 Å². The number of aliphatic imine (C=N–C) groups is 1. The lowest BCUT2D eigenvalue weighted by Gasteiger charge is -2.35. The Morgan fingerprint density at radius 2 is 2.00 bits per heavy atom. The fourth-order valence-electron chi connectivity index (χ4n) is 3.65. The summed E-state index contributed by atoms with van der Waals surface area (Å²) in [5.74, 6) is 2.42. The largest absolute Gasteiger partial charge is 0.492 e. The van der Waals surface area contributed by atoms with E-state index in [9.17, 15) is 0 Å². The first-order valence-corrected chi connectivity index (χ1v) is 11.7. The van der Waals surface area contributed by atoms with Gasteiger partial charge in [0.15, 0.2) is 5.96 Å². The first kappa shape index (κ1) is 25.4. The highest BCUT2D eigenvalue weighted by Crippen LogP contribution is 2.15. The molecule has 1 saturated heterocycles. The summed E-state index contributed by atoms with van der Waals surface area (Å²) in [5, 5.41) is 6.96. The van der Waals surface area contributed by atoms with Gasteiger partial charge >= 0.3 is 0 Å². The van der Waals surface area contributed by atoms with Crippen LogP contribution < -0.4 is 15.4 Å². The van der Waals surface area contributed by atoms with Crippen molar-refractivity contribution in [3.8, 4) is 5.75 Å². The van der Waals surface area contributed by atoms with Crippen molar-refractivity contribution in [2.75, 3.05) is 66.6 Å². The van der Waals surface area contributed by atoms with Gasteiger partial charge in [-0.15, -0.1) is 0 Å². The highest BCUT2D eigenvalue weighted by molar-refractivity contribution is 5.79. The quantitative estimate of drug-likeness (QED) is 0.390. The van der Waals surface area contributed by atoms with Gasteiger partial charge in [-0.3, -0.25) is 4.90 Å². The van der Waals surface area contributed by atoms with Crippen LogP contribution in [0, 0.1) is 5.92 Å². The minimum Gasteiger partial charge on any atom is -0.492 e. The average Bonchev–Trinajstić information content (AvgIpc) is 2.75. The van der Waals surface area contributed by atoms with Gasteiger partial charge in [0.1, 0.15) is 12.4 Å². The zero-order chi connectivity index (χ0) is 22.5. The van der Waals surface area contributed by atoms with E-state index in [0.717, 1.165) is 63.2 Å². The summed E-state index contributed by atoms with van der Waals surface area (Å²) in [6.45, 7) is 14.3. The molecule has 1 aromatic carbocycles. The van der Waals surface area contributed by atoms with Gasteiger partial charge in [-0.1, -0.05) is 26.0 Å². The molecule has 31 heavy (non-hydrogen) atoms. The first-order chi connectivity index (χ1) is 15.0. The summed E-state index contributed by atoms with van der Waals surface area (Å²) in [6.07, 6.45) is 1.17. The Kier molecular flexibility index (Phi) is 11.7. The molecule has 0 aromatic heterocycles. The predicted molar refractivity (Wildman–Crippen MR) is 129 cm³/mol. The lowest BCUT2D eigenvalue weighted by molar-refractivity contribution is 0.0132. The van der Waals surface area contributed by atoms with Crippen LogP contribution in [0.15, 0.2) is 29.3 Å². The highest BCUT2D eigenvalue weighted by atomic mass is 16.5. The molecule has 0 bridgehead atoms. The summed E-state index contributed by atoms with van der Waals surface area (Å²) < 4.78 is 11.4. The Morgan fingerprint density at radius 3 is 2.68 bits per heavy atom. The molecule has 0 amide bonds. The van der Waals surface area contributed by atoms with E-state index in [1.165, 1.54) is 6.42 Å². The minimum atomic E-state index is 0.487. The number of morpholine rings is 1. The number of ether oxygens (including phenoxy) is 2. The van der Waals surface area contributed by atoms with Gasteiger partial charge in [-0.05, 0) is 51.1 Å². The van der Waals surface area contributed by atoms with Crippen LogP contribution >= 0.6 is 0 Å². The molecule has 7 nitrogen and oxygen atoms in total. The maximum absolute atomic E-state index is 5.86. The van der Waals surface area contributed by atoms with Crippen molar-refractivity contribution >= 4 is 5.96 Å². The number of nitrogens with one attached hydrogen (secondary N) is 2. The number of benzene rings is 1. The van der Waals surface area contributed by atoms with E-state index in [4.69, 9.17) is 14.5 Å². The maximum Gasteiger partial charge on any atom is 0.191 e. The summed E-state index contributed by atoms with van der Waals surface area (Å²) in [6, 6.07) is 8.71. The Morgan fingerprint density at radius 1 is 1.23 bits per heavy atom. The molecule has 1 aromatic rings. The lowest BCUT2D eigenvalue weighted by atomic mass is 10.0. The van der Waals surface area contributed by atoms with Crippen LogP contribution in [0.3, 0.4) is 0 Å². The molecule has 1 aliphatic rings. The van der Waals surface area contributed by atoms with Gasteiger partial charge < -0.3 is 25.0 Å². The Balaban J connectivity index is 1.94. The normalized spacial score (nSPS) is 16.5. The monoisotopic (exact) mass is 433 g/mol. The average molecular weight is 434 g/mol. The number of hydrogen-bond donors (Lipinski definition) is 2. The van der Waals surface area contributed by atoms with Crippen molar-refractivity contribution < 1.29 is 9.47 Å². The Bertz CT molecular complexity index is 645. The zero-order valence-electron chi connectivity index (χ0n) is 20.2. The fraction of sp³-hybridized carbons (Fsp3) is 0.708. The van der Waals surface area contributed by atoms with E-state index in [2.05, 4.69) is 67.4 Å². The topological polar surface area (TPSA) is 61.4 Å². The zero-order valence-corrected chi connectivity index (χ0v) is 20.2. The van der Waals surface area contributed by atoms with E-state index in [1.54, 1.807) is 0 Å². The molecule has 176 valence electrons. The van der Waals surface area contributed by atoms with Crippen LogP contribution in [-0.2, 0) is 11.3 Å². The minimum absolute atomic E-state index is 0.487. The fourth-order valence-corrected chi connectivity index (χ4v) is 3.65. The summed E-state index contributed by atoms with van der Waals surface area (Å²) in [4.78, 5) is 9.48. The molecular weight excluding hydrogens is 390 g/mol. The molecule has 2 N–H and O–H groups in total. The first-order valence-electron chi connectivity index (χ1n) is 11.7. The smallest absolute Gasteiger partial charge is 0.191 e. The van der Waals surface area contributed by atoms with Gasteiger partial charge in [-0.25, -0.2) is 4.99 Å². The van der Waals surface area contributed by atoms with Crippen molar-refractivity contribution in [2.24, 2.45) is 10.9 Å². The van der Waals surface area contributed by atoms with Crippen LogP contribution in [0.4, 0.5) is 0 Å². The number of hydrogen-bond acceptors (Lipinski definition) is 5. The van der Waals surface area contributed by atoms with Crippen LogP contribution in [0.25, 0.3) is 0 Å². The molecule has 1 heterocycles. The van der Waals surface area contributed by atoms with Crippen LogP contribution in [-0.4, -0.2) is 88.4 Å². The van der Waals surface area contributed by atoms with E-state index in [-0.39, 0.29) is 0 Å². The second kappa shape index (κ2) is 14.3. The standard InChI is InChI=1S/C24H43N5O2/c1-6-25-24(27-19-22(16-20(2)3)29-11-13-30-14-12-29)26-18-21-8-7-9-23(17-21)31-15-10-28(4)5/h7-9,17,20,22H,6,10-16,18-19H2,1-5H3,(H2,25,26,27). The van der Waals surface area contributed by atoms with Crippen molar-refractivity contribution in [1.29, 1.82) is 0 Å². The molecular formula is C24H43N5O2. The van der Waals surface area contributed by atoms with Crippen LogP contribution in [0.5, 0.6) is 5.75 Å². The highest BCUT2D eigenvalue weighted by Gasteiger charge is 2.22. The van der Waals surface area contributed by atoms with Gasteiger partial charge in [0.25, 0.3) is 0 Å². The summed E-state index contributed by atoms with van der Waals surface area (Å²) in [7, 11) is 4.10. The second-order valence-electron chi connectivity index (χ2n) is 8.81. The molecule has 1 unspecified atom stereocenters. The van der Waals surface area contributed by atoms with Crippen LogP contribution in [0.2, 0.25) is 0 Å². The van der Waals surface area contributed by atoms with E-state index < -0.39 is 0 Å². The molecule has 2 rings (SSSR count). The molecule has 1 aliphatic heterocycles.